The molecule has 1 N–H and O–H groups in total. The van der Waals surface area contributed by atoms with Crippen LogP contribution in [0.3, 0.4) is 0 Å². The summed E-state index contributed by atoms with van der Waals surface area (Å²) in [6.07, 6.45) is 1.77. The third kappa shape index (κ3) is 7.69. The maximum atomic E-state index is 14.0. The molecule has 0 unspecified atom stereocenters. The molecule has 8 heteroatoms. The average Bonchev–Trinajstić information content (AvgIpc) is 2.92. The maximum Gasteiger partial charge on any atom is 0.264 e. The first-order chi connectivity index (χ1) is 18.5. The van der Waals surface area contributed by atoms with Gasteiger partial charge in [0.1, 0.15) is 12.6 Å². The van der Waals surface area contributed by atoms with Crippen molar-refractivity contribution in [2.24, 2.45) is 0 Å². The van der Waals surface area contributed by atoms with Gasteiger partial charge in [0.25, 0.3) is 10.0 Å². The van der Waals surface area contributed by atoms with E-state index in [4.69, 9.17) is 0 Å². The number of carbonyl (C=O) groups is 2. The van der Waals surface area contributed by atoms with E-state index in [1.165, 1.54) is 9.21 Å². The van der Waals surface area contributed by atoms with E-state index in [-0.39, 0.29) is 17.3 Å². The summed E-state index contributed by atoms with van der Waals surface area (Å²) in [6, 6.07) is 20.7. The summed E-state index contributed by atoms with van der Waals surface area (Å²) in [7, 11) is -4.09. The lowest BCUT2D eigenvalue weighted by Gasteiger charge is -2.32. The molecule has 0 bridgehead atoms. The first-order valence-electron chi connectivity index (χ1n) is 13.3. The van der Waals surface area contributed by atoms with Gasteiger partial charge in [0.2, 0.25) is 11.8 Å². The Balaban J connectivity index is 2.03. The summed E-state index contributed by atoms with van der Waals surface area (Å²) < 4.78 is 29.1. The minimum absolute atomic E-state index is 0.0989. The number of amides is 2. The van der Waals surface area contributed by atoms with E-state index >= 15 is 0 Å². The third-order valence-electron chi connectivity index (χ3n) is 6.71. The molecule has 0 spiro atoms. The number of nitrogens with zero attached hydrogens (tertiary/aromatic N) is 2. The van der Waals surface area contributed by atoms with E-state index in [1.807, 2.05) is 70.2 Å². The highest BCUT2D eigenvalue weighted by molar-refractivity contribution is 7.92. The summed E-state index contributed by atoms with van der Waals surface area (Å²) >= 11 is 0. The fraction of sp³-hybridized carbons (Fsp3) is 0.355. The minimum Gasteiger partial charge on any atom is -0.354 e. The Labute approximate surface area is 232 Å². The number of rotatable bonds is 12. The monoisotopic (exact) mass is 549 g/mol. The van der Waals surface area contributed by atoms with Crippen molar-refractivity contribution in [3.05, 3.63) is 95.1 Å². The Bertz CT molecular complexity index is 1370. The number of unbranched alkanes of at least 4 members (excludes halogenated alkanes) is 1. The normalized spacial score (nSPS) is 12.0. The Hall–Kier alpha value is -3.65. The van der Waals surface area contributed by atoms with Gasteiger partial charge in [-0.15, -0.1) is 0 Å². The smallest absolute Gasteiger partial charge is 0.264 e. The molecule has 3 aromatic rings. The third-order valence-corrected chi connectivity index (χ3v) is 8.49. The summed E-state index contributed by atoms with van der Waals surface area (Å²) in [6.45, 7) is 9.55. The molecule has 3 aromatic carbocycles. The molecular weight excluding hydrogens is 510 g/mol. The van der Waals surface area contributed by atoms with Crippen LogP contribution in [0.2, 0.25) is 0 Å². The van der Waals surface area contributed by atoms with Crippen molar-refractivity contribution < 1.29 is 18.0 Å². The van der Waals surface area contributed by atoms with Crippen LogP contribution in [0.4, 0.5) is 5.69 Å². The highest BCUT2D eigenvalue weighted by atomic mass is 32.2. The lowest BCUT2D eigenvalue weighted by atomic mass is 10.1. The topological polar surface area (TPSA) is 86.8 Å². The summed E-state index contributed by atoms with van der Waals surface area (Å²) in [5.74, 6) is -0.735. The number of hydrogen-bond donors (Lipinski definition) is 1. The van der Waals surface area contributed by atoms with Crippen LogP contribution in [0.1, 0.15) is 48.9 Å². The van der Waals surface area contributed by atoms with E-state index < -0.39 is 28.5 Å². The zero-order valence-electron chi connectivity index (χ0n) is 23.5. The van der Waals surface area contributed by atoms with Gasteiger partial charge < -0.3 is 10.2 Å². The van der Waals surface area contributed by atoms with Gasteiger partial charge in [0.15, 0.2) is 0 Å². The van der Waals surface area contributed by atoms with Crippen molar-refractivity contribution in [1.82, 2.24) is 10.2 Å². The molecule has 0 fully saturated rings. The Morgan fingerprint density at radius 3 is 2.18 bits per heavy atom. The Kier molecular flexibility index (Phi) is 10.3. The summed E-state index contributed by atoms with van der Waals surface area (Å²) in [4.78, 5) is 28.6. The predicted octanol–water partition coefficient (Wildman–Crippen LogP) is 5.14. The van der Waals surface area contributed by atoms with Crippen molar-refractivity contribution in [3.8, 4) is 0 Å². The lowest BCUT2D eigenvalue weighted by molar-refractivity contribution is -0.139. The molecule has 1 atom stereocenters. The molecule has 39 heavy (non-hydrogen) atoms. The summed E-state index contributed by atoms with van der Waals surface area (Å²) in [5.41, 5.74) is 3.81. The fourth-order valence-electron chi connectivity index (χ4n) is 4.24. The highest BCUT2D eigenvalue weighted by Gasteiger charge is 2.33. The second-order valence-corrected chi connectivity index (χ2v) is 11.8. The molecule has 0 aromatic heterocycles. The molecule has 0 radical (unpaired) electrons. The van der Waals surface area contributed by atoms with Gasteiger partial charge in [-0.2, -0.15) is 0 Å². The lowest BCUT2D eigenvalue weighted by Crippen LogP contribution is -2.51. The number of anilines is 1. The van der Waals surface area contributed by atoms with Crippen molar-refractivity contribution in [2.45, 2.75) is 64.9 Å². The van der Waals surface area contributed by atoms with E-state index in [0.29, 0.717) is 12.2 Å². The molecule has 3 rings (SSSR count). The second kappa shape index (κ2) is 13.4. The molecule has 0 saturated carbocycles. The predicted molar refractivity (Wildman–Crippen MR) is 156 cm³/mol. The molecular formula is C31H39N3O4S. The largest absolute Gasteiger partial charge is 0.354 e. The zero-order valence-corrected chi connectivity index (χ0v) is 24.3. The average molecular weight is 550 g/mol. The van der Waals surface area contributed by atoms with Gasteiger partial charge in [0.05, 0.1) is 10.6 Å². The van der Waals surface area contributed by atoms with E-state index in [1.54, 1.807) is 37.3 Å². The van der Waals surface area contributed by atoms with Gasteiger partial charge in [-0.05, 0) is 69.0 Å². The highest BCUT2D eigenvalue weighted by Crippen LogP contribution is 2.28. The molecule has 0 saturated heterocycles. The SMILES string of the molecule is CCCCNC(=O)[C@H](C)N(Cc1ccccc1)C(=O)CN(c1cc(C)ccc1C)S(=O)(=O)c1ccc(C)cc1. The van der Waals surface area contributed by atoms with Gasteiger partial charge in [0, 0.05) is 13.1 Å². The number of sulfonamides is 1. The minimum atomic E-state index is -4.09. The van der Waals surface area contributed by atoms with Crippen LogP contribution < -0.4 is 9.62 Å². The quantitative estimate of drug-likeness (QED) is 0.317. The molecule has 7 nitrogen and oxygen atoms in total. The van der Waals surface area contributed by atoms with Crippen molar-refractivity contribution >= 4 is 27.5 Å². The maximum absolute atomic E-state index is 14.0. The van der Waals surface area contributed by atoms with Crippen molar-refractivity contribution in [2.75, 3.05) is 17.4 Å². The molecule has 0 aliphatic carbocycles. The molecule has 0 aliphatic heterocycles. The molecule has 0 aliphatic rings. The van der Waals surface area contributed by atoms with Gasteiger partial charge >= 0.3 is 0 Å². The molecule has 208 valence electrons. The number of nitrogens with one attached hydrogen (secondary N) is 1. The van der Waals surface area contributed by atoms with Crippen LogP contribution in [0.5, 0.6) is 0 Å². The van der Waals surface area contributed by atoms with Crippen LogP contribution in [-0.4, -0.2) is 44.3 Å². The van der Waals surface area contributed by atoms with Crippen LogP contribution >= 0.6 is 0 Å². The number of aryl methyl sites for hydroxylation is 3. The van der Waals surface area contributed by atoms with E-state index in [0.717, 1.165) is 35.1 Å². The van der Waals surface area contributed by atoms with Gasteiger partial charge in [-0.1, -0.05) is 73.5 Å². The van der Waals surface area contributed by atoms with E-state index in [2.05, 4.69) is 5.32 Å². The fourth-order valence-corrected chi connectivity index (χ4v) is 5.71. The number of hydrogen-bond acceptors (Lipinski definition) is 4. The first kappa shape index (κ1) is 29.9. The van der Waals surface area contributed by atoms with Crippen LogP contribution in [0.15, 0.2) is 77.7 Å². The molecule has 0 heterocycles. The van der Waals surface area contributed by atoms with Crippen LogP contribution in [-0.2, 0) is 26.2 Å². The van der Waals surface area contributed by atoms with E-state index in [9.17, 15) is 18.0 Å². The summed E-state index contributed by atoms with van der Waals surface area (Å²) in [5, 5.41) is 2.90. The van der Waals surface area contributed by atoms with Crippen LogP contribution in [0.25, 0.3) is 0 Å². The Morgan fingerprint density at radius 2 is 1.54 bits per heavy atom. The van der Waals surface area contributed by atoms with Crippen molar-refractivity contribution in [3.63, 3.8) is 0 Å². The standard InChI is InChI=1S/C31H39N3O4S/c1-6-7-19-32-31(36)26(5)33(21-27-11-9-8-10-12-27)30(35)22-34(29-20-24(3)13-16-25(29)4)39(37,38)28-17-14-23(2)15-18-28/h8-18,20,26H,6-7,19,21-22H2,1-5H3,(H,32,36)/t26-/m0/s1. The number of benzene rings is 3. The number of carbonyl (C=O) groups excluding carboxylic acids is 2. The second-order valence-electron chi connectivity index (χ2n) is 9.94. The Morgan fingerprint density at radius 1 is 0.897 bits per heavy atom. The van der Waals surface area contributed by atoms with Crippen LogP contribution in [0, 0.1) is 20.8 Å². The van der Waals surface area contributed by atoms with Gasteiger partial charge in [-0.3, -0.25) is 13.9 Å². The molecule has 2 amide bonds. The van der Waals surface area contributed by atoms with Crippen molar-refractivity contribution in [1.29, 1.82) is 0 Å². The van der Waals surface area contributed by atoms with Gasteiger partial charge in [-0.25, -0.2) is 8.42 Å². The first-order valence-corrected chi connectivity index (χ1v) is 14.8. The zero-order chi connectivity index (χ0) is 28.6.